The zero-order valence-corrected chi connectivity index (χ0v) is 17.7. The molecule has 30 heavy (non-hydrogen) atoms. The second kappa shape index (κ2) is 8.17. The van der Waals surface area contributed by atoms with Gasteiger partial charge >= 0.3 is 0 Å². The summed E-state index contributed by atoms with van der Waals surface area (Å²) in [6, 6.07) is 14.8. The molecular weight excluding hydrogens is 423 g/mol. The maximum atomic E-state index is 12.8. The van der Waals surface area contributed by atoms with Gasteiger partial charge in [0.05, 0.1) is 21.7 Å². The maximum absolute atomic E-state index is 12.8. The molecule has 1 aliphatic carbocycles. The summed E-state index contributed by atoms with van der Waals surface area (Å²) < 4.78 is 1.23. The summed E-state index contributed by atoms with van der Waals surface area (Å²) in [5.41, 5.74) is 2.57. The summed E-state index contributed by atoms with van der Waals surface area (Å²) in [5.74, 6) is -0.880. The molecule has 7 heteroatoms. The van der Waals surface area contributed by atoms with Gasteiger partial charge in [0.1, 0.15) is 0 Å². The molecular formula is C23H20Cl2N2O3. The van der Waals surface area contributed by atoms with E-state index in [9.17, 15) is 14.7 Å². The van der Waals surface area contributed by atoms with Crippen LogP contribution >= 0.6 is 23.2 Å². The molecule has 0 aliphatic heterocycles. The van der Waals surface area contributed by atoms with E-state index in [4.69, 9.17) is 23.2 Å². The van der Waals surface area contributed by atoms with Crippen molar-refractivity contribution >= 4 is 29.1 Å². The molecule has 0 fully saturated rings. The Hall–Kier alpha value is -2.76. The van der Waals surface area contributed by atoms with Gasteiger partial charge in [0.2, 0.25) is 0 Å². The number of hydrogen-bond acceptors (Lipinski definition) is 3. The van der Waals surface area contributed by atoms with Gasteiger partial charge in [-0.05, 0) is 47.7 Å². The molecule has 0 spiro atoms. The highest BCUT2D eigenvalue weighted by molar-refractivity contribution is 6.42. The lowest BCUT2D eigenvalue weighted by atomic mass is 9.76. The lowest BCUT2D eigenvalue weighted by Gasteiger charge is -2.32. The monoisotopic (exact) mass is 442 g/mol. The molecule has 2 aromatic carbocycles. The fourth-order valence-electron chi connectivity index (χ4n) is 4.05. The second-order valence-corrected chi connectivity index (χ2v) is 8.27. The lowest BCUT2D eigenvalue weighted by Crippen LogP contribution is -2.33. The number of carbonyl (C=O) groups is 1. The minimum atomic E-state index is -0.605. The van der Waals surface area contributed by atoms with E-state index >= 15 is 0 Å². The van der Waals surface area contributed by atoms with Crippen molar-refractivity contribution in [1.82, 2.24) is 9.88 Å². The third kappa shape index (κ3) is 3.71. The second-order valence-electron chi connectivity index (χ2n) is 7.45. The van der Waals surface area contributed by atoms with Crippen molar-refractivity contribution in [2.75, 3.05) is 0 Å². The third-order valence-electron chi connectivity index (χ3n) is 5.63. The van der Waals surface area contributed by atoms with E-state index in [0.29, 0.717) is 16.5 Å². The number of nitrogens with zero attached hydrogens (tertiary/aromatic N) is 1. The van der Waals surface area contributed by atoms with Gasteiger partial charge in [0.15, 0.2) is 5.75 Å². The van der Waals surface area contributed by atoms with E-state index in [2.05, 4.69) is 11.4 Å². The fraction of sp³-hybridized carbons (Fsp3) is 0.217. The van der Waals surface area contributed by atoms with Crippen LogP contribution in [0.25, 0.3) is 0 Å². The highest BCUT2D eigenvalue weighted by Crippen LogP contribution is 2.42. The van der Waals surface area contributed by atoms with Crippen LogP contribution in [0.15, 0.2) is 59.5 Å². The van der Waals surface area contributed by atoms with Crippen LogP contribution in [0.4, 0.5) is 0 Å². The van der Waals surface area contributed by atoms with Crippen LogP contribution in [0.1, 0.15) is 51.8 Å². The number of pyridine rings is 1. The zero-order chi connectivity index (χ0) is 21.4. The Kier molecular flexibility index (Phi) is 5.58. The molecule has 2 atom stereocenters. The van der Waals surface area contributed by atoms with Crippen molar-refractivity contribution in [3.05, 3.63) is 97.4 Å². The molecule has 0 saturated carbocycles. The van der Waals surface area contributed by atoms with Crippen molar-refractivity contribution < 1.29 is 9.90 Å². The highest BCUT2D eigenvalue weighted by atomic mass is 35.5. The Bertz CT molecular complexity index is 1190. The van der Waals surface area contributed by atoms with Crippen molar-refractivity contribution in [1.29, 1.82) is 0 Å². The molecule has 2 N–H and O–H groups in total. The molecule has 5 nitrogen and oxygen atoms in total. The maximum Gasteiger partial charge on any atom is 0.293 e. The Morgan fingerprint density at radius 1 is 1.07 bits per heavy atom. The number of aryl methyl sites for hydroxylation is 1. The molecule has 2 unspecified atom stereocenters. The summed E-state index contributed by atoms with van der Waals surface area (Å²) in [4.78, 5) is 24.7. The van der Waals surface area contributed by atoms with Gasteiger partial charge in [-0.15, -0.1) is 0 Å². The first-order valence-electron chi connectivity index (χ1n) is 9.60. The first kappa shape index (κ1) is 20.5. The van der Waals surface area contributed by atoms with Gasteiger partial charge in [0, 0.05) is 19.2 Å². The van der Waals surface area contributed by atoms with Crippen LogP contribution in [-0.4, -0.2) is 15.6 Å². The van der Waals surface area contributed by atoms with Crippen LogP contribution in [0.3, 0.4) is 0 Å². The third-order valence-corrected chi connectivity index (χ3v) is 6.37. The molecule has 1 amide bonds. The van der Waals surface area contributed by atoms with Gasteiger partial charge in [-0.2, -0.15) is 0 Å². The first-order valence-corrected chi connectivity index (χ1v) is 10.4. The van der Waals surface area contributed by atoms with Crippen LogP contribution in [0.2, 0.25) is 10.0 Å². The van der Waals surface area contributed by atoms with Crippen LogP contribution in [-0.2, 0) is 7.05 Å². The molecule has 4 rings (SSSR count). The number of amides is 1. The van der Waals surface area contributed by atoms with Crippen LogP contribution in [0, 0.1) is 0 Å². The number of rotatable bonds is 3. The van der Waals surface area contributed by atoms with Crippen LogP contribution < -0.4 is 10.9 Å². The smallest absolute Gasteiger partial charge is 0.293 e. The first-order chi connectivity index (χ1) is 14.4. The number of aromatic nitrogens is 1. The number of aromatic hydroxyl groups is 1. The predicted molar refractivity (Wildman–Crippen MR) is 118 cm³/mol. The molecule has 1 aromatic heterocycles. The van der Waals surface area contributed by atoms with Gasteiger partial charge in [0.25, 0.3) is 11.5 Å². The summed E-state index contributed by atoms with van der Waals surface area (Å²) >= 11 is 12.3. The standard InChI is InChI=1S/C23H20Cl2N2O3/c1-27-11-10-17(21(28)23(27)30)22(29)26-20-9-7-14(15-4-2-3-5-16(15)20)13-6-8-18(24)19(25)12-13/h2-6,8,10-12,14,20,28H,7,9H2,1H3,(H,26,29). The van der Waals surface area contributed by atoms with Crippen molar-refractivity contribution in [2.45, 2.75) is 24.8 Å². The largest absolute Gasteiger partial charge is 0.502 e. The highest BCUT2D eigenvalue weighted by Gasteiger charge is 2.30. The average molecular weight is 443 g/mol. The van der Waals surface area contributed by atoms with Crippen LogP contribution in [0.5, 0.6) is 5.75 Å². The molecule has 0 bridgehead atoms. The quantitative estimate of drug-likeness (QED) is 0.611. The van der Waals surface area contributed by atoms with Gasteiger partial charge in [-0.3, -0.25) is 9.59 Å². The van der Waals surface area contributed by atoms with E-state index in [1.165, 1.54) is 23.9 Å². The van der Waals surface area contributed by atoms with Crippen molar-refractivity contribution in [2.24, 2.45) is 7.05 Å². The topological polar surface area (TPSA) is 71.3 Å². The number of halogens is 2. The van der Waals surface area contributed by atoms with E-state index in [1.807, 2.05) is 30.3 Å². The van der Waals surface area contributed by atoms with Crippen molar-refractivity contribution in [3.63, 3.8) is 0 Å². The van der Waals surface area contributed by atoms with E-state index in [1.54, 1.807) is 6.07 Å². The summed E-state index contributed by atoms with van der Waals surface area (Å²) in [6.45, 7) is 0. The molecule has 3 aromatic rings. The Morgan fingerprint density at radius 3 is 2.53 bits per heavy atom. The number of fused-ring (bicyclic) bond motifs is 1. The van der Waals surface area contributed by atoms with E-state index < -0.39 is 17.2 Å². The van der Waals surface area contributed by atoms with Gasteiger partial charge < -0.3 is 15.0 Å². The lowest BCUT2D eigenvalue weighted by molar-refractivity contribution is 0.0929. The van der Waals surface area contributed by atoms with Crippen molar-refractivity contribution in [3.8, 4) is 5.75 Å². The molecule has 0 radical (unpaired) electrons. The molecule has 0 saturated heterocycles. The molecule has 1 heterocycles. The molecule has 1 aliphatic rings. The van der Waals surface area contributed by atoms with Gasteiger partial charge in [-0.1, -0.05) is 53.5 Å². The minimum Gasteiger partial charge on any atom is -0.502 e. The number of hydrogen-bond donors (Lipinski definition) is 2. The number of benzene rings is 2. The van der Waals surface area contributed by atoms with E-state index in [0.717, 1.165) is 23.1 Å². The summed E-state index contributed by atoms with van der Waals surface area (Å²) in [5, 5.41) is 14.1. The SMILES string of the molecule is Cn1ccc(C(=O)NC2CCC(c3ccc(Cl)c(Cl)c3)c3ccccc32)c(O)c1=O. The van der Waals surface area contributed by atoms with E-state index in [-0.39, 0.29) is 17.5 Å². The summed E-state index contributed by atoms with van der Waals surface area (Å²) in [7, 11) is 1.52. The predicted octanol–water partition coefficient (Wildman–Crippen LogP) is 4.79. The zero-order valence-electron chi connectivity index (χ0n) is 16.2. The normalized spacial score (nSPS) is 18.0. The fourth-order valence-corrected chi connectivity index (χ4v) is 4.36. The number of carbonyl (C=O) groups excluding carboxylic acids is 1. The van der Waals surface area contributed by atoms with Gasteiger partial charge in [-0.25, -0.2) is 0 Å². The molecule has 154 valence electrons. The Balaban J connectivity index is 1.64. The Labute approximate surface area is 183 Å². The number of nitrogens with one attached hydrogen (secondary N) is 1. The Morgan fingerprint density at radius 2 is 1.80 bits per heavy atom. The summed E-state index contributed by atoms with van der Waals surface area (Å²) in [6.07, 6.45) is 2.98. The minimum absolute atomic E-state index is 0.0258. The average Bonchev–Trinajstić information content (AvgIpc) is 2.74.